The van der Waals surface area contributed by atoms with Crippen LogP contribution in [0.4, 0.5) is 17.3 Å². The van der Waals surface area contributed by atoms with Crippen LogP contribution in [0.15, 0.2) is 60.7 Å². The van der Waals surface area contributed by atoms with E-state index in [1.165, 1.54) is 0 Å². The molecule has 6 nitrogen and oxygen atoms in total. The first kappa shape index (κ1) is 16.7. The second-order valence-corrected chi connectivity index (χ2v) is 5.47. The van der Waals surface area contributed by atoms with Gasteiger partial charge < -0.3 is 15.4 Å². The van der Waals surface area contributed by atoms with Crippen molar-refractivity contribution in [2.45, 2.75) is 0 Å². The van der Waals surface area contributed by atoms with E-state index in [0.717, 1.165) is 5.69 Å². The molecule has 0 aliphatic rings. The molecular formula is C18H15ClN4O2. The summed E-state index contributed by atoms with van der Waals surface area (Å²) in [7, 11) is 1.60. The number of benzene rings is 2. The van der Waals surface area contributed by atoms with Crippen molar-refractivity contribution >= 4 is 34.8 Å². The van der Waals surface area contributed by atoms with Gasteiger partial charge in [0.15, 0.2) is 11.6 Å². The second-order valence-electron chi connectivity index (χ2n) is 5.06. The molecule has 0 fully saturated rings. The first-order chi connectivity index (χ1) is 12.2. The number of nitrogens with zero attached hydrogens (tertiary/aromatic N) is 2. The number of rotatable bonds is 5. The summed E-state index contributed by atoms with van der Waals surface area (Å²) in [6.07, 6.45) is 0. The lowest BCUT2D eigenvalue weighted by atomic mass is 10.2. The Labute approximate surface area is 149 Å². The Balaban J connectivity index is 1.70. The maximum Gasteiger partial charge on any atom is 0.258 e. The molecule has 0 unspecified atom stereocenters. The van der Waals surface area contributed by atoms with Gasteiger partial charge in [-0.3, -0.25) is 4.79 Å². The summed E-state index contributed by atoms with van der Waals surface area (Å²) in [5, 5.41) is 14.2. The largest absolute Gasteiger partial charge is 0.495 e. The van der Waals surface area contributed by atoms with Crippen molar-refractivity contribution in [2.75, 3.05) is 17.7 Å². The molecule has 25 heavy (non-hydrogen) atoms. The first-order valence-electron chi connectivity index (χ1n) is 7.47. The number of aromatic nitrogens is 2. The third-order valence-electron chi connectivity index (χ3n) is 3.39. The monoisotopic (exact) mass is 354 g/mol. The van der Waals surface area contributed by atoms with Gasteiger partial charge in [0.25, 0.3) is 5.91 Å². The van der Waals surface area contributed by atoms with Crippen LogP contribution in [0.1, 0.15) is 10.4 Å². The average molecular weight is 355 g/mol. The number of methoxy groups -OCH3 is 1. The lowest BCUT2D eigenvalue weighted by Crippen LogP contribution is -2.14. The molecule has 2 N–H and O–H groups in total. The minimum atomic E-state index is -0.342. The summed E-state index contributed by atoms with van der Waals surface area (Å²) in [6, 6.07) is 17.6. The molecule has 126 valence electrons. The number of hydrogen-bond donors (Lipinski definition) is 2. The molecule has 0 saturated carbocycles. The van der Waals surface area contributed by atoms with Gasteiger partial charge >= 0.3 is 0 Å². The third kappa shape index (κ3) is 4.05. The Hall–Kier alpha value is -3.12. The molecular weight excluding hydrogens is 340 g/mol. The maximum atomic E-state index is 12.2. The summed E-state index contributed by atoms with van der Waals surface area (Å²) in [6.45, 7) is 0. The Bertz CT molecular complexity index is 884. The Morgan fingerprint density at radius 3 is 2.36 bits per heavy atom. The number of carbonyl (C=O) groups is 1. The zero-order valence-corrected chi connectivity index (χ0v) is 14.1. The van der Waals surface area contributed by atoms with E-state index in [2.05, 4.69) is 20.8 Å². The number of anilines is 3. The van der Waals surface area contributed by atoms with Crippen LogP contribution in [0, 0.1) is 0 Å². The number of carbonyl (C=O) groups excluding carboxylic acids is 1. The number of amides is 1. The van der Waals surface area contributed by atoms with Crippen molar-refractivity contribution in [3.8, 4) is 5.75 Å². The van der Waals surface area contributed by atoms with E-state index in [9.17, 15) is 4.79 Å². The predicted molar refractivity (Wildman–Crippen MR) is 97.7 cm³/mol. The van der Waals surface area contributed by atoms with E-state index in [1.54, 1.807) is 43.5 Å². The molecule has 1 amide bonds. The molecule has 2 aromatic carbocycles. The summed E-state index contributed by atoms with van der Waals surface area (Å²) in [4.78, 5) is 12.2. The van der Waals surface area contributed by atoms with E-state index in [1.807, 2.05) is 24.3 Å². The van der Waals surface area contributed by atoms with E-state index in [0.29, 0.717) is 28.0 Å². The lowest BCUT2D eigenvalue weighted by molar-refractivity contribution is 0.102. The topological polar surface area (TPSA) is 76.1 Å². The molecule has 0 aliphatic heterocycles. The van der Waals surface area contributed by atoms with Crippen LogP contribution in [-0.2, 0) is 0 Å². The number of halogens is 1. The molecule has 1 heterocycles. The van der Waals surface area contributed by atoms with Crippen LogP contribution in [0.3, 0.4) is 0 Å². The fourth-order valence-corrected chi connectivity index (χ4v) is 2.40. The van der Waals surface area contributed by atoms with Crippen molar-refractivity contribution in [3.63, 3.8) is 0 Å². The Morgan fingerprint density at radius 1 is 0.960 bits per heavy atom. The molecule has 0 spiro atoms. The molecule has 3 rings (SSSR count). The van der Waals surface area contributed by atoms with E-state index < -0.39 is 0 Å². The molecule has 7 heteroatoms. The number of ether oxygens (including phenoxy) is 1. The third-order valence-corrected chi connectivity index (χ3v) is 3.72. The maximum absolute atomic E-state index is 12.2. The van der Waals surface area contributed by atoms with Gasteiger partial charge in [0, 0.05) is 0 Å². The van der Waals surface area contributed by atoms with Gasteiger partial charge in [0.2, 0.25) is 0 Å². The summed E-state index contributed by atoms with van der Waals surface area (Å²) < 4.78 is 5.27. The molecule has 0 saturated heterocycles. The van der Waals surface area contributed by atoms with Crippen molar-refractivity contribution in [1.82, 2.24) is 10.2 Å². The summed E-state index contributed by atoms with van der Waals surface area (Å²) >= 11 is 6.01. The minimum absolute atomic E-state index is 0.329. The minimum Gasteiger partial charge on any atom is -0.495 e. The number of hydrogen-bond acceptors (Lipinski definition) is 5. The van der Waals surface area contributed by atoms with Crippen molar-refractivity contribution in [2.24, 2.45) is 0 Å². The highest BCUT2D eigenvalue weighted by Gasteiger charge is 2.11. The fourth-order valence-electron chi connectivity index (χ4n) is 2.18. The molecule has 0 bridgehead atoms. The number of nitrogens with one attached hydrogen (secondary N) is 2. The van der Waals surface area contributed by atoms with Gasteiger partial charge in [-0.15, -0.1) is 10.2 Å². The van der Waals surface area contributed by atoms with Gasteiger partial charge in [-0.1, -0.05) is 35.9 Å². The Morgan fingerprint density at radius 2 is 1.64 bits per heavy atom. The molecule has 0 atom stereocenters. The van der Waals surface area contributed by atoms with Crippen LogP contribution in [-0.4, -0.2) is 23.2 Å². The highest BCUT2D eigenvalue weighted by Crippen LogP contribution is 2.26. The lowest BCUT2D eigenvalue weighted by Gasteiger charge is -2.10. The smallest absolute Gasteiger partial charge is 0.258 e. The second kappa shape index (κ2) is 7.63. The van der Waals surface area contributed by atoms with Gasteiger partial charge in [-0.25, -0.2) is 0 Å². The standard InChI is InChI=1S/C18H15ClN4O2/c1-25-15-9-5-4-8-14(15)20-16-10-11-17(23-22-16)21-18(24)12-6-2-3-7-13(12)19/h2-11H,1H3,(H,20,22)(H,21,23,24). The van der Waals surface area contributed by atoms with Crippen molar-refractivity contribution in [1.29, 1.82) is 0 Å². The SMILES string of the molecule is COc1ccccc1Nc1ccc(NC(=O)c2ccccc2Cl)nn1. The molecule has 0 radical (unpaired) electrons. The highest BCUT2D eigenvalue weighted by atomic mass is 35.5. The molecule has 1 aromatic heterocycles. The van der Waals surface area contributed by atoms with Gasteiger partial charge in [0.1, 0.15) is 5.75 Å². The van der Waals surface area contributed by atoms with Gasteiger partial charge in [0.05, 0.1) is 23.4 Å². The zero-order valence-electron chi connectivity index (χ0n) is 13.4. The van der Waals surface area contributed by atoms with Crippen LogP contribution < -0.4 is 15.4 Å². The van der Waals surface area contributed by atoms with Crippen molar-refractivity contribution in [3.05, 3.63) is 71.2 Å². The van der Waals surface area contributed by atoms with Crippen LogP contribution in [0.2, 0.25) is 5.02 Å². The molecule has 3 aromatic rings. The normalized spacial score (nSPS) is 10.2. The number of para-hydroxylation sites is 2. The van der Waals surface area contributed by atoms with Crippen molar-refractivity contribution < 1.29 is 9.53 Å². The Kier molecular flexibility index (Phi) is 5.11. The summed E-state index contributed by atoms with van der Waals surface area (Å²) in [5.41, 5.74) is 1.15. The van der Waals surface area contributed by atoms with Crippen LogP contribution >= 0.6 is 11.6 Å². The van der Waals surface area contributed by atoms with E-state index in [-0.39, 0.29) is 5.91 Å². The van der Waals surface area contributed by atoms with Gasteiger partial charge in [-0.05, 0) is 36.4 Å². The highest BCUT2D eigenvalue weighted by molar-refractivity contribution is 6.34. The van der Waals surface area contributed by atoms with E-state index >= 15 is 0 Å². The fraction of sp³-hybridized carbons (Fsp3) is 0.0556. The quantitative estimate of drug-likeness (QED) is 0.720. The molecule has 0 aliphatic carbocycles. The predicted octanol–water partition coefficient (Wildman–Crippen LogP) is 4.13. The van der Waals surface area contributed by atoms with Crippen LogP contribution in [0.5, 0.6) is 5.75 Å². The van der Waals surface area contributed by atoms with E-state index in [4.69, 9.17) is 16.3 Å². The zero-order chi connectivity index (χ0) is 17.6. The van der Waals surface area contributed by atoms with Gasteiger partial charge in [-0.2, -0.15) is 0 Å². The summed E-state index contributed by atoms with van der Waals surface area (Å²) in [5.74, 6) is 1.21. The first-order valence-corrected chi connectivity index (χ1v) is 7.85. The van der Waals surface area contributed by atoms with Crippen LogP contribution in [0.25, 0.3) is 0 Å². The average Bonchev–Trinajstić information content (AvgIpc) is 2.64.